The third-order valence-corrected chi connectivity index (χ3v) is 4.30. The Labute approximate surface area is 124 Å². The van der Waals surface area contributed by atoms with E-state index in [0.717, 1.165) is 11.2 Å². The molecule has 0 amide bonds. The maximum atomic E-state index is 4.41. The molecule has 0 bridgehead atoms. The molecule has 21 heavy (non-hydrogen) atoms. The Bertz CT molecular complexity index is 840. The Hall–Kier alpha value is -2.35. The van der Waals surface area contributed by atoms with E-state index in [4.69, 9.17) is 0 Å². The lowest BCUT2D eigenvalue weighted by atomic mass is 10.1. The number of hydrogen-bond donors (Lipinski definition) is 1. The van der Waals surface area contributed by atoms with Gasteiger partial charge in [-0.1, -0.05) is 36.4 Å². The Morgan fingerprint density at radius 3 is 2.86 bits per heavy atom. The highest BCUT2D eigenvalue weighted by molar-refractivity contribution is 5.89. The summed E-state index contributed by atoms with van der Waals surface area (Å²) < 4.78 is 0. The monoisotopic (exact) mass is 274 g/mol. The highest BCUT2D eigenvalue weighted by atomic mass is 15.1. The number of aromatic amines is 1. The number of aromatic nitrogens is 2. The number of hydrogen-bond acceptors (Lipinski definition) is 1. The van der Waals surface area contributed by atoms with Crippen LogP contribution < -0.4 is 0 Å². The molecular formula is C19H18N2. The van der Waals surface area contributed by atoms with Crippen LogP contribution in [0, 0.1) is 6.92 Å². The van der Waals surface area contributed by atoms with Gasteiger partial charge in [-0.25, -0.2) is 0 Å². The molecule has 0 saturated carbocycles. The zero-order valence-corrected chi connectivity index (χ0v) is 12.2. The van der Waals surface area contributed by atoms with Gasteiger partial charge in [0, 0.05) is 5.39 Å². The number of H-pyrrole nitrogens is 1. The van der Waals surface area contributed by atoms with Crippen molar-refractivity contribution in [3.05, 3.63) is 64.3 Å². The van der Waals surface area contributed by atoms with Gasteiger partial charge in [-0.05, 0) is 60.6 Å². The minimum absolute atomic E-state index is 1.01. The number of nitrogens with one attached hydrogen (secondary N) is 1. The van der Waals surface area contributed by atoms with Crippen molar-refractivity contribution in [3.63, 3.8) is 0 Å². The van der Waals surface area contributed by atoms with Gasteiger partial charge < -0.3 is 0 Å². The third-order valence-electron chi connectivity index (χ3n) is 4.30. The highest BCUT2D eigenvalue weighted by Crippen LogP contribution is 2.24. The quantitative estimate of drug-likeness (QED) is 0.730. The van der Waals surface area contributed by atoms with Gasteiger partial charge in [-0.3, -0.25) is 5.10 Å². The van der Waals surface area contributed by atoms with E-state index in [0.29, 0.717) is 0 Å². The lowest BCUT2D eigenvalue weighted by Crippen LogP contribution is -1.83. The summed E-state index contributed by atoms with van der Waals surface area (Å²) in [5.74, 6) is 0. The van der Waals surface area contributed by atoms with Crippen LogP contribution in [0.25, 0.3) is 23.1 Å². The minimum Gasteiger partial charge on any atom is -0.277 e. The predicted molar refractivity (Wildman–Crippen MR) is 88.2 cm³/mol. The van der Waals surface area contributed by atoms with Crippen molar-refractivity contribution in [2.24, 2.45) is 0 Å². The Kier molecular flexibility index (Phi) is 2.88. The Morgan fingerprint density at radius 2 is 1.90 bits per heavy atom. The summed E-state index contributed by atoms with van der Waals surface area (Å²) in [5.41, 5.74) is 7.65. The zero-order valence-electron chi connectivity index (χ0n) is 12.2. The standard InChI is InChI=1S/C19H18N2/c1-13-5-9-17-18(20-21-19(17)11-13)10-7-14-6-8-15-3-2-4-16(15)12-14/h5-12H,2-4H2,1H3,(H,20,21)/b10-7+. The molecule has 0 radical (unpaired) electrons. The van der Waals surface area contributed by atoms with Crippen LogP contribution in [0.4, 0.5) is 0 Å². The van der Waals surface area contributed by atoms with E-state index in [1.807, 2.05) is 0 Å². The summed E-state index contributed by atoms with van der Waals surface area (Å²) in [6.45, 7) is 2.10. The van der Waals surface area contributed by atoms with Crippen molar-refractivity contribution in [1.29, 1.82) is 0 Å². The maximum absolute atomic E-state index is 4.41. The molecule has 0 fully saturated rings. The van der Waals surface area contributed by atoms with Crippen LogP contribution in [-0.4, -0.2) is 10.2 Å². The fraction of sp³-hybridized carbons (Fsp3) is 0.211. The van der Waals surface area contributed by atoms with Gasteiger partial charge in [0.2, 0.25) is 0 Å². The molecule has 0 unspecified atom stereocenters. The molecule has 0 spiro atoms. The first kappa shape index (κ1) is 12.4. The second kappa shape index (κ2) is 4.88. The third kappa shape index (κ3) is 2.27. The van der Waals surface area contributed by atoms with E-state index >= 15 is 0 Å². The van der Waals surface area contributed by atoms with Crippen LogP contribution >= 0.6 is 0 Å². The first-order valence-corrected chi connectivity index (χ1v) is 7.54. The molecule has 1 heterocycles. The first-order valence-electron chi connectivity index (χ1n) is 7.54. The molecule has 1 aromatic heterocycles. The second-order valence-corrected chi connectivity index (χ2v) is 5.87. The summed E-state index contributed by atoms with van der Waals surface area (Å²) in [4.78, 5) is 0. The first-order chi connectivity index (χ1) is 10.3. The molecule has 104 valence electrons. The SMILES string of the molecule is Cc1ccc2c(/C=C/c3ccc4c(c3)CCC4)n[nH]c2c1. The van der Waals surface area contributed by atoms with Crippen LogP contribution in [0.15, 0.2) is 36.4 Å². The average molecular weight is 274 g/mol. The number of rotatable bonds is 2. The van der Waals surface area contributed by atoms with Crippen molar-refractivity contribution in [2.45, 2.75) is 26.2 Å². The topological polar surface area (TPSA) is 28.7 Å². The van der Waals surface area contributed by atoms with E-state index in [9.17, 15) is 0 Å². The average Bonchev–Trinajstić information content (AvgIpc) is 3.10. The van der Waals surface area contributed by atoms with Gasteiger partial charge in [0.25, 0.3) is 0 Å². The summed E-state index contributed by atoms with van der Waals surface area (Å²) in [6.07, 6.45) is 8.02. The van der Waals surface area contributed by atoms with E-state index in [-0.39, 0.29) is 0 Å². The fourth-order valence-electron chi connectivity index (χ4n) is 3.15. The van der Waals surface area contributed by atoms with Crippen molar-refractivity contribution in [1.82, 2.24) is 10.2 Å². The van der Waals surface area contributed by atoms with Crippen LogP contribution in [0.5, 0.6) is 0 Å². The van der Waals surface area contributed by atoms with Gasteiger partial charge in [-0.2, -0.15) is 5.10 Å². The smallest absolute Gasteiger partial charge is 0.0927 e. The van der Waals surface area contributed by atoms with Crippen LogP contribution in [0.2, 0.25) is 0 Å². The van der Waals surface area contributed by atoms with Crippen LogP contribution in [0.1, 0.15) is 34.4 Å². The molecule has 1 aliphatic carbocycles. The largest absolute Gasteiger partial charge is 0.277 e. The number of fused-ring (bicyclic) bond motifs is 2. The molecule has 2 heteroatoms. The summed E-state index contributed by atoms with van der Waals surface area (Å²) in [6, 6.07) is 13.2. The predicted octanol–water partition coefficient (Wildman–Crippen LogP) is 4.53. The maximum Gasteiger partial charge on any atom is 0.0927 e. The van der Waals surface area contributed by atoms with Crippen LogP contribution in [-0.2, 0) is 12.8 Å². The Morgan fingerprint density at radius 1 is 1.00 bits per heavy atom. The molecule has 0 atom stereocenters. The van der Waals surface area contributed by atoms with Gasteiger partial charge in [-0.15, -0.1) is 0 Å². The Balaban J connectivity index is 1.67. The van der Waals surface area contributed by atoms with E-state index < -0.39 is 0 Å². The molecule has 3 aromatic rings. The van der Waals surface area contributed by atoms with Crippen molar-refractivity contribution < 1.29 is 0 Å². The van der Waals surface area contributed by atoms with Gasteiger partial charge in [0.15, 0.2) is 0 Å². The molecule has 0 aliphatic heterocycles. The molecule has 2 nitrogen and oxygen atoms in total. The number of benzene rings is 2. The zero-order chi connectivity index (χ0) is 14.2. The van der Waals surface area contributed by atoms with Crippen molar-refractivity contribution in [3.8, 4) is 0 Å². The lowest BCUT2D eigenvalue weighted by molar-refractivity contribution is 0.912. The summed E-state index contributed by atoms with van der Waals surface area (Å²) >= 11 is 0. The van der Waals surface area contributed by atoms with Gasteiger partial charge in [0.05, 0.1) is 11.2 Å². The van der Waals surface area contributed by atoms with Crippen molar-refractivity contribution in [2.75, 3.05) is 0 Å². The van der Waals surface area contributed by atoms with E-state index in [2.05, 4.69) is 65.7 Å². The molecule has 4 rings (SSSR count). The fourth-order valence-corrected chi connectivity index (χ4v) is 3.15. The lowest BCUT2D eigenvalue weighted by Gasteiger charge is -2.00. The molecule has 1 N–H and O–H groups in total. The van der Waals surface area contributed by atoms with E-state index in [1.54, 1.807) is 0 Å². The minimum atomic E-state index is 1.01. The molecule has 2 aromatic carbocycles. The van der Waals surface area contributed by atoms with E-state index in [1.165, 1.54) is 46.9 Å². The molecule has 1 aliphatic rings. The molecule has 0 saturated heterocycles. The van der Waals surface area contributed by atoms with Crippen LogP contribution in [0.3, 0.4) is 0 Å². The van der Waals surface area contributed by atoms with Crippen molar-refractivity contribution >= 4 is 23.1 Å². The second-order valence-electron chi connectivity index (χ2n) is 5.87. The van der Waals surface area contributed by atoms with Gasteiger partial charge in [0.1, 0.15) is 0 Å². The normalized spacial score (nSPS) is 14.1. The van der Waals surface area contributed by atoms with Gasteiger partial charge >= 0.3 is 0 Å². The number of aryl methyl sites for hydroxylation is 3. The summed E-state index contributed by atoms with van der Waals surface area (Å²) in [7, 11) is 0. The number of nitrogens with zero attached hydrogens (tertiary/aromatic N) is 1. The summed E-state index contributed by atoms with van der Waals surface area (Å²) in [5, 5.41) is 8.70. The molecular weight excluding hydrogens is 256 g/mol. The highest BCUT2D eigenvalue weighted by Gasteiger charge is 2.10.